The summed E-state index contributed by atoms with van der Waals surface area (Å²) in [5.41, 5.74) is -1.10. The van der Waals surface area contributed by atoms with Crippen LogP contribution >= 0.6 is 11.6 Å². The van der Waals surface area contributed by atoms with E-state index in [4.69, 9.17) is 21.6 Å². The fraction of sp³-hybridized carbons (Fsp3) is 0.600. The fourth-order valence-corrected chi connectivity index (χ4v) is 2.86. The number of fused-ring (bicyclic) bond motifs is 1. The van der Waals surface area contributed by atoms with Gasteiger partial charge in [0.05, 0.1) is 5.38 Å². The molecule has 0 amide bonds. The number of nitriles is 1. The number of halogens is 1. The second kappa shape index (κ2) is 2.99. The molecule has 3 nitrogen and oxygen atoms in total. The van der Waals surface area contributed by atoms with Crippen LogP contribution in [0.4, 0.5) is 0 Å². The first-order chi connectivity index (χ1) is 6.62. The summed E-state index contributed by atoms with van der Waals surface area (Å²) in [5.74, 6) is -0.197. The minimum absolute atomic E-state index is 0.0545. The molecule has 0 saturated heterocycles. The van der Waals surface area contributed by atoms with Crippen molar-refractivity contribution in [2.24, 2.45) is 11.8 Å². The van der Waals surface area contributed by atoms with Crippen molar-refractivity contribution in [3.63, 3.8) is 0 Å². The number of hydrogen-bond acceptors (Lipinski definition) is 3. The highest BCUT2D eigenvalue weighted by atomic mass is 35.5. The van der Waals surface area contributed by atoms with E-state index in [-0.39, 0.29) is 11.8 Å². The van der Waals surface area contributed by atoms with Crippen LogP contribution in [-0.2, 0) is 9.53 Å². The Labute approximate surface area is 87.3 Å². The van der Waals surface area contributed by atoms with Gasteiger partial charge in [-0.25, -0.2) is 0 Å². The van der Waals surface area contributed by atoms with Crippen molar-refractivity contribution >= 4 is 17.6 Å². The molecule has 0 aliphatic heterocycles. The number of allylic oxidation sites excluding steroid dienone is 2. The Morgan fingerprint density at radius 1 is 1.79 bits per heavy atom. The zero-order valence-electron chi connectivity index (χ0n) is 7.74. The van der Waals surface area contributed by atoms with Gasteiger partial charge in [-0.2, -0.15) is 5.26 Å². The van der Waals surface area contributed by atoms with E-state index in [2.05, 4.69) is 6.07 Å². The number of nitrogens with zero attached hydrogens (tertiary/aromatic N) is 1. The minimum atomic E-state index is -1.10. The van der Waals surface area contributed by atoms with Crippen LogP contribution in [0.25, 0.3) is 0 Å². The van der Waals surface area contributed by atoms with Gasteiger partial charge in [-0.05, 0) is 6.42 Å². The van der Waals surface area contributed by atoms with Gasteiger partial charge in [-0.3, -0.25) is 4.79 Å². The molecule has 14 heavy (non-hydrogen) atoms. The van der Waals surface area contributed by atoms with Crippen molar-refractivity contribution in [1.29, 1.82) is 5.26 Å². The quantitative estimate of drug-likeness (QED) is 0.376. The number of rotatable bonds is 1. The minimum Gasteiger partial charge on any atom is -0.442 e. The number of carbonyl (C=O) groups excluding carboxylic acids is 1. The summed E-state index contributed by atoms with van der Waals surface area (Å²) in [7, 11) is 0. The van der Waals surface area contributed by atoms with E-state index in [1.54, 1.807) is 0 Å². The van der Waals surface area contributed by atoms with E-state index < -0.39 is 16.9 Å². The zero-order valence-corrected chi connectivity index (χ0v) is 8.49. The third kappa shape index (κ3) is 1.01. The maximum atomic E-state index is 10.9. The van der Waals surface area contributed by atoms with Crippen molar-refractivity contribution in [1.82, 2.24) is 0 Å². The summed E-state index contributed by atoms with van der Waals surface area (Å²) in [6.07, 6.45) is 4.77. The molecule has 0 N–H and O–H groups in total. The average Bonchev–Trinajstić information content (AvgIpc) is 2.59. The molecule has 0 aromatic carbocycles. The lowest BCUT2D eigenvalue weighted by atomic mass is 9.62. The normalized spacial score (nSPS) is 43.6. The third-order valence-electron chi connectivity index (χ3n) is 3.00. The Hall–Kier alpha value is -1.01. The van der Waals surface area contributed by atoms with Gasteiger partial charge in [-0.15, -0.1) is 11.6 Å². The molecule has 74 valence electrons. The van der Waals surface area contributed by atoms with Crippen LogP contribution in [0.1, 0.15) is 13.3 Å². The number of carbonyl (C=O) groups is 1. The maximum Gasteiger partial charge on any atom is 0.304 e. The van der Waals surface area contributed by atoms with Gasteiger partial charge in [0.25, 0.3) is 0 Å². The fourth-order valence-electron chi connectivity index (χ4n) is 2.35. The predicted molar refractivity (Wildman–Crippen MR) is 50.5 cm³/mol. The van der Waals surface area contributed by atoms with Crippen molar-refractivity contribution in [3.05, 3.63) is 12.2 Å². The van der Waals surface area contributed by atoms with Crippen LogP contribution in [0.2, 0.25) is 0 Å². The highest BCUT2D eigenvalue weighted by molar-refractivity contribution is 6.23. The van der Waals surface area contributed by atoms with E-state index in [9.17, 15) is 4.79 Å². The molecule has 4 unspecified atom stereocenters. The second-order valence-electron chi connectivity index (χ2n) is 3.75. The Balaban J connectivity index is 2.23. The Kier molecular flexibility index (Phi) is 2.04. The SMILES string of the molecule is CC(=O)OC1(C#N)C(Cl)C2C=CCC21. The van der Waals surface area contributed by atoms with Crippen molar-refractivity contribution in [2.45, 2.75) is 24.3 Å². The van der Waals surface area contributed by atoms with Crippen molar-refractivity contribution < 1.29 is 9.53 Å². The monoisotopic (exact) mass is 211 g/mol. The van der Waals surface area contributed by atoms with Gasteiger partial charge in [0, 0.05) is 18.8 Å². The number of ether oxygens (including phenoxy) is 1. The second-order valence-corrected chi connectivity index (χ2v) is 4.22. The molecule has 0 radical (unpaired) electrons. The molecule has 0 bridgehead atoms. The first kappa shape index (κ1) is 9.54. The molecular formula is C10H10ClNO2. The highest BCUT2D eigenvalue weighted by Crippen LogP contribution is 2.55. The van der Waals surface area contributed by atoms with Crippen LogP contribution in [0.3, 0.4) is 0 Å². The lowest BCUT2D eigenvalue weighted by Crippen LogP contribution is -2.63. The Morgan fingerprint density at radius 3 is 3.07 bits per heavy atom. The standard InChI is InChI=1S/C10H10ClNO2/c1-6(13)14-10(5-12)8-4-2-3-7(8)9(10)11/h2-3,7-9H,4H2,1H3. The summed E-state index contributed by atoms with van der Waals surface area (Å²) in [5, 5.41) is 8.66. The molecule has 4 heteroatoms. The molecule has 0 aromatic rings. The largest absolute Gasteiger partial charge is 0.442 e. The van der Waals surface area contributed by atoms with Crippen LogP contribution in [-0.4, -0.2) is 16.9 Å². The number of hydrogen-bond donors (Lipinski definition) is 0. The zero-order chi connectivity index (χ0) is 10.3. The summed E-state index contributed by atoms with van der Waals surface area (Å²) < 4.78 is 5.08. The first-order valence-corrected chi connectivity index (χ1v) is 4.97. The topological polar surface area (TPSA) is 50.1 Å². The van der Waals surface area contributed by atoms with Crippen molar-refractivity contribution in [2.75, 3.05) is 0 Å². The van der Waals surface area contributed by atoms with E-state index >= 15 is 0 Å². The highest BCUT2D eigenvalue weighted by Gasteiger charge is 2.65. The first-order valence-electron chi connectivity index (χ1n) is 4.53. The third-order valence-corrected chi connectivity index (χ3v) is 3.61. The molecule has 0 heterocycles. The summed E-state index contributed by atoms with van der Waals surface area (Å²) >= 11 is 6.07. The van der Waals surface area contributed by atoms with Crippen molar-refractivity contribution in [3.8, 4) is 6.07 Å². The number of esters is 1. The average molecular weight is 212 g/mol. The molecule has 0 aromatic heterocycles. The molecule has 1 fully saturated rings. The van der Waals surface area contributed by atoms with E-state index in [0.717, 1.165) is 6.42 Å². The van der Waals surface area contributed by atoms with Gasteiger partial charge in [-0.1, -0.05) is 12.2 Å². The van der Waals surface area contributed by atoms with Crippen LogP contribution in [0, 0.1) is 23.2 Å². The van der Waals surface area contributed by atoms with E-state index in [1.807, 2.05) is 12.2 Å². The van der Waals surface area contributed by atoms with Gasteiger partial charge in [0.1, 0.15) is 6.07 Å². The van der Waals surface area contributed by atoms with Gasteiger partial charge in [0.15, 0.2) is 0 Å². The molecule has 2 aliphatic rings. The Morgan fingerprint density at radius 2 is 2.50 bits per heavy atom. The van der Waals surface area contributed by atoms with Crippen LogP contribution < -0.4 is 0 Å². The molecule has 0 spiro atoms. The molecule has 2 aliphatic carbocycles. The smallest absolute Gasteiger partial charge is 0.304 e. The lowest BCUT2D eigenvalue weighted by molar-refractivity contribution is -0.170. The van der Waals surface area contributed by atoms with Crippen LogP contribution in [0.5, 0.6) is 0 Å². The van der Waals surface area contributed by atoms with E-state index in [0.29, 0.717) is 0 Å². The predicted octanol–water partition coefficient (Wildman–Crippen LogP) is 1.63. The molecule has 2 rings (SSSR count). The Bertz CT molecular complexity index is 347. The van der Waals surface area contributed by atoms with Gasteiger partial charge in [0.2, 0.25) is 5.60 Å². The lowest BCUT2D eigenvalue weighted by Gasteiger charge is -2.50. The summed E-state index contributed by atoms with van der Waals surface area (Å²) in [6.45, 7) is 1.30. The molecular weight excluding hydrogens is 202 g/mol. The summed E-state index contributed by atoms with van der Waals surface area (Å²) in [4.78, 5) is 10.9. The maximum absolute atomic E-state index is 10.9. The van der Waals surface area contributed by atoms with Gasteiger partial charge < -0.3 is 4.74 Å². The van der Waals surface area contributed by atoms with E-state index in [1.165, 1.54) is 6.92 Å². The molecule has 1 saturated carbocycles. The number of alkyl halides is 1. The summed E-state index contributed by atoms with van der Waals surface area (Å²) in [6, 6.07) is 2.05. The van der Waals surface area contributed by atoms with Crippen LogP contribution in [0.15, 0.2) is 12.2 Å². The molecule has 4 atom stereocenters. The van der Waals surface area contributed by atoms with Gasteiger partial charge >= 0.3 is 5.97 Å².